The van der Waals surface area contributed by atoms with Gasteiger partial charge < -0.3 is 15.4 Å². The van der Waals surface area contributed by atoms with Crippen molar-refractivity contribution < 1.29 is 19.1 Å². The molecular formula is C28H28ClN5O4S3. The summed E-state index contributed by atoms with van der Waals surface area (Å²) in [5, 5.41) is 17.3. The fourth-order valence-electron chi connectivity index (χ4n) is 4.52. The van der Waals surface area contributed by atoms with E-state index in [1.807, 2.05) is 23.6 Å². The first kappa shape index (κ1) is 29.3. The van der Waals surface area contributed by atoms with Crippen LogP contribution in [-0.4, -0.2) is 44.4 Å². The maximum absolute atomic E-state index is 13.4. The Bertz CT molecular complexity index is 1570. The number of thioether (sulfide) groups is 1. The van der Waals surface area contributed by atoms with Crippen LogP contribution in [0.1, 0.15) is 63.0 Å². The minimum absolute atomic E-state index is 0.126. The summed E-state index contributed by atoms with van der Waals surface area (Å²) in [6, 6.07) is 10.8. The van der Waals surface area contributed by atoms with Gasteiger partial charge in [-0.1, -0.05) is 35.5 Å². The second-order valence-electron chi connectivity index (χ2n) is 9.26. The van der Waals surface area contributed by atoms with Crippen LogP contribution in [-0.2, 0) is 28.9 Å². The predicted molar refractivity (Wildman–Crippen MR) is 163 cm³/mol. The van der Waals surface area contributed by atoms with Crippen LogP contribution in [0.15, 0.2) is 46.9 Å². The number of carbonyl (C=O) groups excluding carboxylic acids is 3. The van der Waals surface area contributed by atoms with E-state index in [9.17, 15) is 14.4 Å². The monoisotopic (exact) mass is 629 g/mol. The van der Waals surface area contributed by atoms with E-state index in [2.05, 4.69) is 20.8 Å². The molecule has 0 radical (unpaired) electrons. The molecule has 0 unspecified atom stereocenters. The van der Waals surface area contributed by atoms with Gasteiger partial charge in [-0.3, -0.25) is 14.2 Å². The van der Waals surface area contributed by atoms with E-state index < -0.39 is 11.2 Å². The number of aryl methyl sites for hydroxylation is 1. The van der Waals surface area contributed by atoms with Crippen LogP contribution in [0.25, 0.3) is 5.69 Å². The number of ether oxygens (including phenoxy) is 1. The Morgan fingerprint density at radius 3 is 2.76 bits per heavy atom. The number of anilines is 1. The third-order valence-electron chi connectivity index (χ3n) is 6.46. The van der Waals surface area contributed by atoms with Gasteiger partial charge in [-0.2, -0.15) is 0 Å². The van der Waals surface area contributed by atoms with Crippen molar-refractivity contribution in [2.75, 3.05) is 11.9 Å². The highest BCUT2D eigenvalue weighted by Crippen LogP contribution is 2.39. The van der Waals surface area contributed by atoms with Gasteiger partial charge >= 0.3 is 5.97 Å². The van der Waals surface area contributed by atoms with Gasteiger partial charge in [-0.15, -0.1) is 32.9 Å². The van der Waals surface area contributed by atoms with E-state index in [1.165, 1.54) is 34.4 Å². The van der Waals surface area contributed by atoms with Gasteiger partial charge in [0, 0.05) is 9.90 Å². The number of fused-ring (bicyclic) bond motifs is 1. The largest absolute Gasteiger partial charge is 0.462 e. The number of nitrogens with zero attached hydrogens (tertiary/aromatic N) is 3. The first-order valence-electron chi connectivity index (χ1n) is 13.2. The number of halogens is 1. The molecule has 4 aromatic rings. The van der Waals surface area contributed by atoms with Crippen molar-refractivity contribution in [1.29, 1.82) is 0 Å². The van der Waals surface area contributed by atoms with Gasteiger partial charge in [-0.05, 0) is 74.7 Å². The molecule has 41 heavy (non-hydrogen) atoms. The first-order valence-corrected chi connectivity index (χ1v) is 16.1. The molecular weight excluding hydrogens is 602 g/mol. The number of thiophene rings is 2. The molecule has 0 spiro atoms. The Kier molecular flexibility index (Phi) is 9.43. The molecule has 13 heteroatoms. The molecule has 3 heterocycles. The summed E-state index contributed by atoms with van der Waals surface area (Å²) < 4.78 is 7.10. The van der Waals surface area contributed by atoms with Gasteiger partial charge in [0.1, 0.15) is 5.00 Å². The summed E-state index contributed by atoms with van der Waals surface area (Å²) >= 11 is 10.3. The number of aromatic nitrogens is 3. The Morgan fingerprint density at radius 2 is 2.00 bits per heavy atom. The fourth-order valence-corrected chi connectivity index (χ4v) is 7.51. The minimum atomic E-state index is -0.583. The standard InChI is InChI=1S/C28H28ClN5O4S3/c1-3-38-27(37)23-19-10-4-5-11-20(19)41-26(23)31-24(35)16(2)40-28-33-32-22(15-30-25(36)21-12-7-13-39-21)34(28)18-9-6-8-17(29)14-18/h6-9,12-14,16H,3-5,10-11,15H2,1-2H3,(H,30,36)(H,31,35)/t16-/m0/s1. The molecule has 0 aliphatic heterocycles. The molecule has 1 aliphatic carbocycles. The van der Waals surface area contributed by atoms with Crippen molar-refractivity contribution in [2.45, 2.75) is 56.5 Å². The Balaban J connectivity index is 1.37. The smallest absolute Gasteiger partial charge is 0.341 e. The van der Waals surface area contributed by atoms with Crippen LogP contribution in [0.3, 0.4) is 0 Å². The zero-order chi connectivity index (χ0) is 28.9. The van der Waals surface area contributed by atoms with Crippen molar-refractivity contribution >= 4 is 68.8 Å². The maximum Gasteiger partial charge on any atom is 0.341 e. The summed E-state index contributed by atoms with van der Waals surface area (Å²) in [6.45, 7) is 3.93. The lowest BCUT2D eigenvalue weighted by molar-refractivity contribution is -0.115. The average molecular weight is 630 g/mol. The van der Waals surface area contributed by atoms with Gasteiger partial charge in [0.05, 0.1) is 34.5 Å². The van der Waals surface area contributed by atoms with Crippen LogP contribution in [0.4, 0.5) is 5.00 Å². The average Bonchev–Trinajstić information content (AvgIpc) is 3.70. The Hall–Kier alpha value is -3.19. The quantitative estimate of drug-likeness (QED) is 0.160. The summed E-state index contributed by atoms with van der Waals surface area (Å²) in [7, 11) is 0. The highest BCUT2D eigenvalue weighted by molar-refractivity contribution is 8.00. The summed E-state index contributed by atoms with van der Waals surface area (Å²) in [4.78, 5) is 40.5. The highest BCUT2D eigenvalue weighted by Gasteiger charge is 2.29. The van der Waals surface area contributed by atoms with Crippen LogP contribution in [0.5, 0.6) is 0 Å². The number of benzene rings is 1. The number of hydrogen-bond donors (Lipinski definition) is 2. The number of carbonyl (C=O) groups is 3. The SMILES string of the molecule is CCOC(=O)c1c(NC(=O)[C@H](C)Sc2nnc(CNC(=O)c3cccs3)n2-c2cccc(Cl)c2)sc2c1CCCC2. The lowest BCUT2D eigenvalue weighted by atomic mass is 9.95. The van der Waals surface area contributed by atoms with E-state index in [0.29, 0.717) is 37.1 Å². The minimum Gasteiger partial charge on any atom is -0.462 e. The first-order chi connectivity index (χ1) is 19.9. The lowest BCUT2D eigenvalue weighted by Gasteiger charge is -2.15. The van der Waals surface area contributed by atoms with E-state index in [0.717, 1.165) is 36.1 Å². The maximum atomic E-state index is 13.4. The Labute approximate surface area is 254 Å². The van der Waals surface area contributed by atoms with Crippen LogP contribution >= 0.6 is 46.0 Å². The van der Waals surface area contributed by atoms with Crippen molar-refractivity contribution in [2.24, 2.45) is 0 Å². The van der Waals surface area contributed by atoms with Crippen LogP contribution in [0.2, 0.25) is 5.02 Å². The van der Waals surface area contributed by atoms with Crippen LogP contribution in [0, 0.1) is 0 Å². The highest BCUT2D eigenvalue weighted by atomic mass is 35.5. The van der Waals surface area contributed by atoms with Gasteiger partial charge in [0.15, 0.2) is 11.0 Å². The molecule has 2 amide bonds. The molecule has 9 nitrogen and oxygen atoms in total. The molecule has 214 valence electrons. The van der Waals surface area contributed by atoms with Crippen molar-refractivity contribution in [3.05, 3.63) is 73.5 Å². The molecule has 0 bridgehead atoms. The van der Waals surface area contributed by atoms with Crippen molar-refractivity contribution in [1.82, 2.24) is 20.1 Å². The van der Waals surface area contributed by atoms with E-state index in [4.69, 9.17) is 16.3 Å². The molecule has 0 fully saturated rings. The third-order valence-corrected chi connectivity index (χ3v) is 9.81. The second kappa shape index (κ2) is 13.2. The third kappa shape index (κ3) is 6.66. The topological polar surface area (TPSA) is 115 Å². The predicted octanol–water partition coefficient (Wildman–Crippen LogP) is 6.15. The number of amides is 2. The van der Waals surface area contributed by atoms with Crippen molar-refractivity contribution in [3.8, 4) is 5.69 Å². The summed E-state index contributed by atoms with van der Waals surface area (Å²) in [6.07, 6.45) is 3.76. The van der Waals surface area contributed by atoms with E-state index >= 15 is 0 Å². The van der Waals surface area contributed by atoms with Gasteiger partial charge in [-0.25, -0.2) is 4.79 Å². The van der Waals surface area contributed by atoms with Gasteiger partial charge in [0.2, 0.25) is 5.91 Å². The van der Waals surface area contributed by atoms with Crippen LogP contribution < -0.4 is 10.6 Å². The summed E-state index contributed by atoms with van der Waals surface area (Å²) in [5.41, 5.74) is 2.17. The number of nitrogens with one attached hydrogen (secondary N) is 2. The second-order valence-corrected chi connectivity index (χ2v) is 13.1. The molecule has 3 aromatic heterocycles. The van der Waals surface area contributed by atoms with Gasteiger partial charge in [0.25, 0.3) is 5.91 Å². The number of hydrogen-bond acceptors (Lipinski definition) is 9. The van der Waals surface area contributed by atoms with E-state index in [-0.39, 0.29) is 25.0 Å². The van der Waals surface area contributed by atoms with E-state index in [1.54, 1.807) is 36.6 Å². The van der Waals surface area contributed by atoms with Crippen molar-refractivity contribution in [3.63, 3.8) is 0 Å². The number of rotatable bonds is 10. The molecule has 0 saturated carbocycles. The number of esters is 1. The Morgan fingerprint density at radius 1 is 1.17 bits per heavy atom. The zero-order valence-electron chi connectivity index (χ0n) is 22.4. The molecule has 0 saturated heterocycles. The summed E-state index contributed by atoms with van der Waals surface area (Å²) in [5.74, 6) is -0.397. The zero-order valence-corrected chi connectivity index (χ0v) is 25.6. The molecule has 1 atom stereocenters. The fraction of sp³-hybridized carbons (Fsp3) is 0.321. The molecule has 5 rings (SSSR count). The normalized spacial score (nSPS) is 13.3. The molecule has 1 aliphatic rings. The molecule has 1 aromatic carbocycles. The molecule has 2 N–H and O–H groups in total. The lowest BCUT2D eigenvalue weighted by Crippen LogP contribution is -2.25.